The highest BCUT2D eigenvalue weighted by Gasteiger charge is 2.08. The summed E-state index contributed by atoms with van der Waals surface area (Å²) >= 11 is 0. The highest BCUT2D eigenvalue weighted by Crippen LogP contribution is 2.24. The van der Waals surface area contributed by atoms with Crippen molar-refractivity contribution in [2.45, 2.75) is 188 Å². The fourth-order valence-corrected chi connectivity index (χ4v) is 5.06. The molecule has 0 fully saturated rings. The fraction of sp³-hybridized carbons (Fsp3) is 0.969. The van der Waals surface area contributed by atoms with Crippen LogP contribution in [-0.4, -0.2) is 12.6 Å². The maximum atomic E-state index is 11.9. The van der Waals surface area contributed by atoms with Crippen LogP contribution in [-0.2, 0) is 9.53 Å². The smallest absolute Gasteiger partial charge is 0.305 e. The molecule has 2 heteroatoms. The second-order valence-corrected chi connectivity index (χ2v) is 10.9. The van der Waals surface area contributed by atoms with Gasteiger partial charge in [-0.2, -0.15) is 0 Å². The first kappa shape index (κ1) is 33.5. The molecule has 0 saturated carbocycles. The van der Waals surface area contributed by atoms with Crippen molar-refractivity contribution in [3.05, 3.63) is 0 Å². The van der Waals surface area contributed by atoms with Crippen molar-refractivity contribution in [3.63, 3.8) is 0 Å². The molecule has 0 heterocycles. The van der Waals surface area contributed by atoms with E-state index in [2.05, 4.69) is 20.8 Å². The van der Waals surface area contributed by atoms with Gasteiger partial charge in [-0.05, 0) is 18.8 Å². The Hall–Kier alpha value is -0.530. The molecule has 2 nitrogen and oxygen atoms in total. The molecule has 0 radical (unpaired) electrons. The van der Waals surface area contributed by atoms with E-state index in [0.29, 0.717) is 13.0 Å². The van der Waals surface area contributed by atoms with Crippen molar-refractivity contribution < 1.29 is 9.53 Å². The van der Waals surface area contributed by atoms with Crippen molar-refractivity contribution in [2.24, 2.45) is 5.92 Å². The van der Waals surface area contributed by atoms with E-state index in [-0.39, 0.29) is 5.97 Å². The predicted molar refractivity (Wildman–Crippen MR) is 152 cm³/mol. The topological polar surface area (TPSA) is 26.3 Å². The van der Waals surface area contributed by atoms with Crippen LogP contribution in [0.4, 0.5) is 0 Å². The lowest BCUT2D eigenvalue weighted by molar-refractivity contribution is -0.143. The van der Waals surface area contributed by atoms with Gasteiger partial charge in [0.05, 0.1) is 6.61 Å². The van der Waals surface area contributed by atoms with Gasteiger partial charge in [0.15, 0.2) is 0 Å². The molecule has 0 aliphatic carbocycles. The monoisotopic (exact) mass is 480 g/mol. The van der Waals surface area contributed by atoms with E-state index in [1.807, 2.05) is 0 Å². The van der Waals surface area contributed by atoms with E-state index in [9.17, 15) is 4.79 Å². The van der Waals surface area contributed by atoms with Crippen molar-refractivity contribution in [3.8, 4) is 0 Å². The van der Waals surface area contributed by atoms with Gasteiger partial charge in [0.25, 0.3) is 0 Å². The van der Waals surface area contributed by atoms with Gasteiger partial charge in [0.1, 0.15) is 0 Å². The Morgan fingerprint density at radius 2 is 0.824 bits per heavy atom. The maximum Gasteiger partial charge on any atom is 0.305 e. The number of unbranched alkanes of at least 4 members (excludes halogenated alkanes) is 18. The summed E-state index contributed by atoms with van der Waals surface area (Å²) in [7, 11) is 0. The van der Waals surface area contributed by atoms with E-state index < -0.39 is 0 Å². The molecule has 0 rings (SSSR count). The Morgan fingerprint density at radius 3 is 1.32 bits per heavy atom. The zero-order chi connectivity index (χ0) is 25.0. The summed E-state index contributed by atoms with van der Waals surface area (Å²) in [5, 5.41) is 0. The summed E-state index contributed by atoms with van der Waals surface area (Å²) in [4.78, 5) is 11.9. The second-order valence-electron chi connectivity index (χ2n) is 10.9. The zero-order valence-electron chi connectivity index (χ0n) is 24.0. The number of ether oxygens (including phenoxy) is 1. The number of rotatable bonds is 28. The normalized spacial score (nSPS) is 11.4. The van der Waals surface area contributed by atoms with Crippen LogP contribution in [0.15, 0.2) is 0 Å². The first-order valence-electron chi connectivity index (χ1n) is 15.9. The molecule has 0 aromatic rings. The molecule has 0 aromatic heterocycles. The van der Waals surface area contributed by atoms with Gasteiger partial charge in [-0.25, -0.2) is 0 Å². The van der Waals surface area contributed by atoms with Crippen molar-refractivity contribution in [1.29, 1.82) is 0 Å². The minimum absolute atomic E-state index is 0.0268. The molecule has 0 saturated heterocycles. The third kappa shape index (κ3) is 26.1. The lowest BCUT2D eigenvalue weighted by Crippen LogP contribution is -2.05. The molecule has 0 aromatic carbocycles. The largest absolute Gasteiger partial charge is 0.466 e. The molecule has 0 atom stereocenters. The van der Waals surface area contributed by atoms with E-state index in [4.69, 9.17) is 4.74 Å². The lowest BCUT2D eigenvalue weighted by Gasteiger charge is -2.16. The molecule has 34 heavy (non-hydrogen) atoms. The molecule has 0 N–H and O–H groups in total. The van der Waals surface area contributed by atoms with Gasteiger partial charge in [-0.15, -0.1) is 0 Å². The first-order chi connectivity index (χ1) is 16.7. The highest BCUT2D eigenvalue weighted by atomic mass is 16.5. The molecular formula is C32H64O2. The predicted octanol–water partition coefficient (Wildman–Crippen LogP) is 11.3. The Kier molecular flexibility index (Phi) is 28.3. The van der Waals surface area contributed by atoms with Gasteiger partial charge < -0.3 is 4.74 Å². The van der Waals surface area contributed by atoms with Crippen LogP contribution in [0, 0.1) is 5.92 Å². The van der Waals surface area contributed by atoms with Gasteiger partial charge >= 0.3 is 5.97 Å². The SMILES string of the molecule is CCCCCCCCCCCCCOC(=O)CCCCCCCC(CCCCC)CCCCC. The fourth-order valence-electron chi connectivity index (χ4n) is 5.06. The average molecular weight is 481 g/mol. The Morgan fingerprint density at radius 1 is 0.471 bits per heavy atom. The van der Waals surface area contributed by atoms with Crippen LogP contribution in [0.1, 0.15) is 188 Å². The molecule has 0 aliphatic heterocycles. The Balaban J connectivity index is 3.45. The number of esters is 1. The second kappa shape index (κ2) is 28.7. The van der Waals surface area contributed by atoms with Crippen molar-refractivity contribution >= 4 is 5.97 Å². The van der Waals surface area contributed by atoms with Crippen molar-refractivity contribution in [2.75, 3.05) is 6.61 Å². The third-order valence-corrected chi connectivity index (χ3v) is 7.44. The van der Waals surface area contributed by atoms with E-state index >= 15 is 0 Å². The van der Waals surface area contributed by atoms with Crippen LogP contribution in [0.5, 0.6) is 0 Å². The molecular weight excluding hydrogens is 416 g/mol. The number of hydrogen-bond donors (Lipinski definition) is 0. The number of carbonyl (C=O) groups is 1. The lowest BCUT2D eigenvalue weighted by atomic mass is 9.90. The summed E-state index contributed by atoms with van der Waals surface area (Å²) in [5.74, 6) is 0.989. The van der Waals surface area contributed by atoms with Crippen LogP contribution in [0.25, 0.3) is 0 Å². The molecule has 0 aliphatic rings. The Bertz CT molecular complexity index is 382. The number of carbonyl (C=O) groups excluding carboxylic acids is 1. The van der Waals surface area contributed by atoms with Crippen molar-refractivity contribution in [1.82, 2.24) is 0 Å². The molecule has 0 spiro atoms. The summed E-state index contributed by atoms with van der Waals surface area (Å²) in [6, 6.07) is 0. The highest BCUT2D eigenvalue weighted by molar-refractivity contribution is 5.69. The molecule has 204 valence electrons. The zero-order valence-corrected chi connectivity index (χ0v) is 24.0. The van der Waals surface area contributed by atoms with E-state index in [1.54, 1.807) is 0 Å². The standard InChI is InChI=1S/C32H64O2/c1-4-7-10-11-12-13-14-15-16-20-25-30-34-32(33)29-24-19-17-18-23-28-31(26-21-8-5-2)27-22-9-6-3/h31H,4-30H2,1-3H3. The van der Waals surface area contributed by atoms with Crippen LogP contribution >= 0.6 is 0 Å². The molecule has 0 unspecified atom stereocenters. The molecule has 0 bridgehead atoms. The molecule has 0 amide bonds. The summed E-state index contributed by atoms with van der Waals surface area (Å²) < 4.78 is 5.44. The van der Waals surface area contributed by atoms with Gasteiger partial charge in [-0.1, -0.05) is 168 Å². The average Bonchev–Trinajstić information content (AvgIpc) is 2.84. The minimum Gasteiger partial charge on any atom is -0.466 e. The van der Waals surface area contributed by atoms with E-state index in [0.717, 1.165) is 18.8 Å². The summed E-state index contributed by atoms with van der Waals surface area (Å²) in [5.41, 5.74) is 0. The minimum atomic E-state index is 0.0268. The quantitative estimate of drug-likeness (QED) is 0.0821. The summed E-state index contributed by atoms with van der Waals surface area (Å²) in [6.45, 7) is 7.52. The third-order valence-electron chi connectivity index (χ3n) is 7.44. The van der Waals surface area contributed by atoms with Crippen LogP contribution < -0.4 is 0 Å². The van der Waals surface area contributed by atoms with Gasteiger partial charge in [0.2, 0.25) is 0 Å². The van der Waals surface area contributed by atoms with Crippen LogP contribution in [0.2, 0.25) is 0 Å². The van der Waals surface area contributed by atoms with Gasteiger partial charge in [0, 0.05) is 6.42 Å². The van der Waals surface area contributed by atoms with Gasteiger partial charge in [-0.3, -0.25) is 4.79 Å². The first-order valence-corrected chi connectivity index (χ1v) is 15.9. The number of hydrogen-bond acceptors (Lipinski definition) is 2. The van der Waals surface area contributed by atoms with Crippen LogP contribution in [0.3, 0.4) is 0 Å². The van der Waals surface area contributed by atoms with E-state index in [1.165, 1.54) is 148 Å². The maximum absolute atomic E-state index is 11.9. The Labute approximate surface area is 215 Å². The summed E-state index contributed by atoms with van der Waals surface area (Å²) in [6.07, 6.45) is 34.1.